The summed E-state index contributed by atoms with van der Waals surface area (Å²) in [5.74, 6) is 0.796. The Labute approximate surface area is 215 Å². The van der Waals surface area contributed by atoms with Crippen LogP contribution in [0, 0.1) is 12.1 Å². The lowest BCUT2D eigenvalue weighted by Gasteiger charge is -2.15. The lowest BCUT2D eigenvalue weighted by Crippen LogP contribution is -2.05. The Balaban J connectivity index is 1.96. The first-order chi connectivity index (χ1) is 16.9. The fourth-order valence-corrected chi connectivity index (χ4v) is 5.36. The van der Waals surface area contributed by atoms with Gasteiger partial charge < -0.3 is 0 Å². The van der Waals surface area contributed by atoms with Gasteiger partial charge in [0.2, 0.25) is 6.17 Å². The molecular formula is C32H61N2+. The molecule has 0 aromatic heterocycles. The highest BCUT2D eigenvalue weighted by Crippen LogP contribution is 2.28. The van der Waals surface area contributed by atoms with Crippen LogP contribution in [0.2, 0.25) is 0 Å². The predicted octanol–water partition coefficient (Wildman–Crippen LogP) is 11.4. The van der Waals surface area contributed by atoms with Crippen molar-refractivity contribution >= 4 is 12.4 Å². The smallest absolute Gasteiger partial charge is 0.0968 e. The topological polar surface area (TPSA) is 24.7 Å². The first-order valence-electron chi connectivity index (χ1n) is 15.8. The molecule has 0 saturated heterocycles. The van der Waals surface area contributed by atoms with Crippen molar-refractivity contribution in [2.24, 2.45) is 15.9 Å². The second kappa shape index (κ2) is 25.3. The first-order valence-corrected chi connectivity index (χ1v) is 15.8. The van der Waals surface area contributed by atoms with Gasteiger partial charge in [0, 0.05) is 0 Å². The highest BCUT2D eigenvalue weighted by atomic mass is 15.0. The van der Waals surface area contributed by atoms with E-state index in [1.807, 2.05) is 12.4 Å². The third kappa shape index (κ3) is 20.6. The van der Waals surface area contributed by atoms with Crippen LogP contribution in [0.1, 0.15) is 181 Å². The minimum Gasteiger partial charge on any atom is -0.0968 e. The summed E-state index contributed by atoms with van der Waals surface area (Å²) in [6.07, 6.45) is 41.7. The van der Waals surface area contributed by atoms with E-state index in [9.17, 15) is 0 Å². The van der Waals surface area contributed by atoms with Gasteiger partial charge in [0.25, 0.3) is 0 Å². The largest absolute Gasteiger partial charge is 0.240 e. The SMILES string of the molecule is CCCCCCCCCCCCCCCCCC(CCCCCCCCCC)C[C+]1N=CC=N1. The van der Waals surface area contributed by atoms with E-state index in [1.54, 1.807) is 0 Å². The molecule has 0 radical (unpaired) electrons. The van der Waals surface area contributed by atoms with E-state index in [0.717, 1.165) is 18.5 Å². The van der Waals surface area contributed by atoms with Crippen molar-refractivity contribution in [3.63, 3.8) is 0 Å². The van der Waals surface area contributed by atoms with Crippen LogP contribution in [0.4, 0.5) is 0 Å². The molecule has 0 aromatic carbocycles. The Bertz CT molecular complexity index is 444. The molecule has 0 aliphatic carbocycles. The summed E-state index contributed by atoms with van der Waals surface area (Å²) < 4.78 is 0. The normalized spacial score (nSPS) is 13.9. The molecule has 0 N–H and O–H groups in total. The lowest BCUT2D eigenvalue weighted by atomic mass is 9.90. The highest BCUT2D eigenvalue weighted by Gasteiger charge is 2.22. The van der Waals surface area contributed by atoms with Gasteiger partial charge >= 0.3 is 0 Å². The Morgan fingerprint density at radius 2 is 0.735 bits per heavy atom. The molecule has 198 valence electrons. The van der Waals surface area contributed by atoms with Crippen molar-refractivity contribution in [3.05, 3.63) is 6.17 Å². The summed E-state index contributed by atoms with van der Waals surface area (Å²) in [4.78, 5) is 8.90. The third-order valence-corrected chi connectivity index (χ3v) is 7.67. The quantitative estimate of drug-likeness (QED) is 0.0836. The molecule has 2 nitrogen and oxygen atoms in total. The van der Waals surface area contributed by atoms with Crippen LogP contribution in [-0.2, 0) is 0 Å². The molecule has 0 aromatic rings. The summed E-state index contributed by atoms with van der Waals surface area (Å²) in [6, 6.07) is 0. The number of hydrogen-bond donors (Lipinski definition) is 0. The maximum absolute atomic E-state index is 4.45. The average Bonchev–Trinajstić information content (AvgIpc) is 3.36. The van der Waals surface area contributed by atoms with Gasteiger partial charge in [-0.15, -0.1) is 0 Å². The Morgan fingerprint density at radius 3 is 1.06 bits per heavy atom. The van der Waals surface area contributed by atoms with Crippen LogP contribution >= 0.6 is 0 Å². The van der Waals surface area contributed by atoms with Crippen molar-refractivity contribution in [2.45, 2.75) is 181 Å². The Hall–Kier alpha value is -0.790. The minimum atomic E-state index is 0.796. The summed E-state index contributed by atoms with van der Waals surface area (Å²) in [6.45, 7) is 4.60. The fraction of sp³-hybridized carbons (Fsp3) is 0.906. The Morgan fingerprint density at radius 1 is 0.441 bits per heavy atom. The van der Waals surface area contributed by atoms with Crippen LogP contribution in [0.15, 0.2) is 9.98 Å². The summed E-state index contributed by atoms with van der Waals surface area (Å²) in [5, 5.41) is 0. The maximum atomic E-state index is 4.45. The van der Waals surface area contributed by atoms with Crippen molar-refractivity contribution in [1.29, 1.82) is 0 Å². The minimum absolute atomic E-state index is 0.796. The second-order valence-corrected chi connectivity index (χ2v) is 11.0. The average molecular weight is 474 g/mol. The molecule has 0 spiro atoms. The molecule has 2 heteroatoms. The van der Waals surface area contributed by atoms with E-state index < -0.39 is 0 Å². The number of hydrogen-bond acceptors (Lipinski definition) is 2. The second-order valence-electron chi connectivity index (χ2n) is 11.0. The van der Waals surface area contributed by atoms with Crippen LogP contribution in [0.3, 0.4) is 0 Å². The van der Waals surface area contributed by atoms with E-state index in [-0.39, 0.29) is 0 Å². The molecule has 0 bridgehead atoms. The summed E-state index contributed by atoms with van der Waals surface area (Å²) in [5.41, 5.74) is 0. The van der Waals surface area contributed by atoms with Gasteiger partial charge in [-0.1, -0.05) is 172 Å². The fourth-order valence-electron chi connectivity index (χ4n) is 5.36. The van der Waals surface area contributed by atoms with Gasteiger partial charge in [-0.25, -0.2) is 0 Å². The molecule has 34 heavy (non-hydrogen) atoms. The van der Waals surface area contributed by atoms with Crippen LogP contribution in [0.25, 0.3) is 0 Å². The van der Waals surface area contributed by atoms with Gasteiger partial charge in [0.1, 0.15) is 0 Å². The monoisotopic (exact) mass is 473 g/mol. The van der Waals surface area contributed by atoms with Crippen LogP contribution in [-0.4, -0.2) is 12.4 Å². The Kier molecular flexibility index (Phi) is 23.3. The number of unbranched alkanes of at least 4 members (excludes halogenated alkanes) is 21. The molecule has 0 fully saturated rings. The molecule has 1 aliphatic heterocycles. The summed E-state index contributed by atoms with van der Waals surface area (Å²) in [7, 11) is 0. The number of rotatable bonds is 27. The maximum Gasteiger partial charge on any atom is 0.240 e. The first kappa shape index (κ1) is 31.2. The van der Waals surface area contributed by atoms with Crippen molar-refractivity contribution < 1.29 is 0 Å². The van der Waals surface area contributed by atoms with Gasteiger partial charge in [0.05, 0.1) is 6.42 Å². The van der Waals surface area contributed by atoms with Gasteiger partial charge in [0.15, 0.2) is 12.4 Å². The van der Waals surface area contributed by atoms with Gasteiger partial charge in [-0.2, -0.15) is 0 Å². The number of aliphatic imine (C=N–C) groups is 2. The molecule has 1 aliphatic rings. The third-order valence-electron chi connectivity index (χ3n) is 7.67. The summed E-state index contributed by atoms with van der Waals surface area (Å²) >= 11 is 0. The van der Waals surface area contributed by atoms with Crippen LogP contribution < -0.4 is 0 Å². The van der Waals surface area contributed by atoms with Crippen LogP contribution in [0.5, 0.6) is 0 Å². The molecule has 1 heterocycles. The van der Waals surface area contributed by atoms with Crippen molar-refractivity contribution in [3.8, 4) is 0 Å². The standard InChI is InChI=1S/C32H61N2/c1-3-5-7-9-11-13-14-15-16-17-18-19-21-23-25-27-31(30-32-33-28-29-34-32)26-24-22-20-12-10-8-6-4-2/h28-29,31H,3-27,30H2,1-2H3/q+1. The predicted molar refractivity (Wildman–Crippen MR) is 155 cm³/mol. The van der Waals surface area contributed by atoms with Crippen molar-refractivity contribution in [2.75, 3.05) is 0 Å². The molecular weight excluding hydrogens is 412 g/mol. The zero-order valence-corrected chi connectivity index (χ0v) is 23.5. The van der Waals surface area contributed by atoms with E-state index in [1.165, 1.54) is 161 Å². The van der Waals surface area contributed by atoms with Gasteiger partial charge in [-0.05, 0) is 18.8 Å². The van der Waals surface area contributed by atoms with Crippen molar-refractivity contribution in [1.82, 2.24) is 0 Å². The molecule has 1 atom stereocenters. The van der Waals surface area contributed by atoms with E-state index in [4.69, 9.17) is 0 Å². The van der Waals surface area contributed by atoms with E-state index >= 15 is 0 Å². The van der Waals surface area contributed by atoms with E-state index in [0.29, 0.717) is 0 Å². The number of nitrogens with zero attached hydrogens (tertiary/aromatic N) is 2. The lowest BCUT2D eigenvalue weighted by molar-refractivity contribution is 0.384. The zero-order chi connectivity index (χ0) is 24.4. The molecule has 1 rings (SSSR count). The highest BCUT2D eigenvalue weighted by molar-refractivity contribution is 6.18. The zero-order valence-electron chi connectivity index (χ0n) is 23.5. The molecule has 0 saturated carbocycles. The molecule has 1 unspecified atom stereocenters. The van der Waals surface area contributed by atoms with Gasteiger partial charge in [-0.3, -0.25) is 0 Å². The molecule has 0 amide bonds. The van der Waals surface area contributed by atoms with E-state index in [2.05, 4.69) is 23.8 Å².